The van der Waals surface area contributed by atoms with Crippen LogP contribution in [0.5, 0.6) is 11.5 Å². The smallest absolute Gasteiger partial charge is 0.265 e. The molecule has 1 amide bonds. The van der Waals surface area contributed by atoms with Gasteiger partial charge < -0.3 is 14.8 Å². The quantitative estimate of drug-likeness (QED) is 0.459. The summed E-state index contributed by atoms with van der Waals surface area (Å²) in [5.41, 5.74) is 1.23. The molecule has 2 N–H and O–H groups in total. The lowest BCUT2D eigenvalue weighted by atomic mass is 10.1. The fourth-order valence-electron chi connectivity index (χ4n) is 2.88. The van der Waals surface area contributed by atoms with Crippen LogP contribution in [0.2, 0.25) is 10.0 Å². The van der Waals surface area contributed by atoms with Gasteiger partial charge >= 0.3 is 0 Å². The van der Waals surface area contributed by atoms with Crippen molar-refractivity contribution in [3.63, 3.8) is 0 Å². The Morgan fingerprint density at radius 2 is 1.59 bits per heavy atom. The maximum absolute atomic E-state index is 13.0. The van der Waals surface area contributed by atoms with Gasteiger partial charge in [0.25, 0.3) is 10.0 Å². The van der Waals surface area contributed by atoms with Gasteiger partial charge in [0.05, 0.1) is 20.6 Å². The Bertz CT molecular complexity index is 1230. The lowest BCUT2D eigenvalue weighted by Gasteiger charge is -2.14. The molecular weight excluding hydrogens is 475 g/mol. The van der Waals surface area contributed by atoms with E-state index in [0.717, 1.165) is 0 Å². The van der Waals surface area contributed by atoms with Gasteiger partial charge in [-0.1, -0.05) is 29.3 Å². The van der Waals surface area contributed by atoms with Crippen LogP contribution in [0.3, 0.4) is 0 Å². The van der Waals surface area contributed by atoms with Crippen LogP contribution in [0.4, 0.5) is 11.4 Å². The van der Waals surface area contributed by atoms with E-state index in [4.69, 9.17) is 32.7 Å². The summed E-state index contributed by atoms with van der Waals surface area (Å²) in [6.45, 7) is 0. The fraction of sp³-hybridized carbons (Fsp3) is 0.136. The van der Waals surface area contributed by atoms with E-state index in [1.807, 2.05) is 0 Å². The van der Waals surface area contributed by atoms with Crippen molar-refractivity contribution in [2.24, 2.45) is 0 Å². The summed E-state index contributed by atoms with van der Waals surface area (Å²) in [7, 11) is -1.13. The van der Waals surface area contributed by atoms with Crippen molar-refractivity contribution in [1.82, 2.24) is 0 Å². The summed E-state index contributed by atoms with van der Waals surface area (Å²) in [6, 6.07) is 15.6. The first-order chi connectivity index (χ1) is 15.2. The van der Waals surface area contributed by atoms with E-state index in [1.54, 1.807) is 48.5 Å². The molecule has 3 aromatic carbocycles. The van der Waals surface area contributed by atoms with Gasteiger partial charge in [0.2, 0.25) is 5.91 Å². The van der Waals surface area contributed by atoms with Crippen molar-refractivity contribution in [3.05, 3.63) is 76.3 Å². The highest BCUT2D eigenvalue weighted by Crippen LogP contribution is 2.30. The molecule has 0 aromatic heterocycles. The Kier molecular flexibility index (Phi) is 7.50. The Balaban J connectivity index is 1.81. The van der Waals surface area contributed by atoms with Gasteiger partial charge in [-0.05, 0) is 60.2 Å². The summed E-state index contributed by atoms with van der Waals surface area (Å²) in [4.78, 5) is 12.3. The largest absolute Gasteiger partial charge is 0.497 e. The zero-order valence-corrected chi connectivity index (χ0v) is 19.5. The highest BCUT2D eigenvalue weighted by Gasteiger charge is 2.21. The number of methoxy groups -OCH3 is 2. The van der Waals surface area contributed by atoms with Crippen molar-refractivity contribution in [1.29, 1.82) is 0 Å². The van der Waals surface area contributed by atoms with Gasteiger partial charge in [-0.3, -0.25) is 9.52 Å². The summed E-state index contributed by atoms with van der Waals surface area (Å²) in [5.74, 6) is 0.353. The highest BCUT2D eigenvalue weighted by molar-refractivity contribution is 7.92. The van der Waals surface area contributed by atoms with Gasteiger partial charge in [0, 0.05) is 21.4 Å². The van der Waals surface area contributed by atoms with Crippen LogP contribution < -0.4 is 19.5 Å². The zero-order chi connectivity index (χ0) is 23.3. The van der Waals surface area contributed by atoms with Crippen LogP contribution in [-0.2, 0) is 21.2 Å². The van der Waals surface area contributed by atoms with E-state index in [1.165, 1.54) is 26.4 Å². The number of carbonyl (C=O) groups is 1. The molecule has 0 aliphatic heterocycles. The number of halogens is 2. The standard InChI is InChI=1S/C22H20Cl2N2O5S/c1-30-18-8-5-16(6-9-18)26-32(28,29)21-13-17(7-10-20(21)31-2)25-22(27)11-14-3-4-15(23)12-19(14)24/h3-10,12-13,26H,11H2,1-2H3,(H,25,27). The molecule has 0 saturated carbocycles. The number of hydrogen-bond donors (Lipinski definition) is 2. The van der Waals surface area contributed by atoms with Crippen LogP contribution in [-0.4, -0.2) is 28.5 Å². The fourth-order valence-corrected chi connectivity index (χ4v) is 4.61. The van der Waals surface area contributed by atoms with Gasteiger partial charge in [0.1, 0.15) is 16.4 Å². The predicted octanol–water partition coefficient (Wildman–Crippen LogP) is 4.99. The molecule has 0 atom stereocenters. The van der Waals surface area contributed by atoms with E-state index < -0.39 is 10.0 Å². The van der Waals surface area contributed by atoms with Crippen LogP contribution in [0.25, 0.3) is 0 Å². The van der Waals surface area contributed by atoms with Gasteiger partial charge in [-0.15, -0.1) is 0 Å². The third-order valence-electron chi connectivity index (χ3n) is 4.45. The lowest BCUT2D eigenvalue weighted by molar-refractivity contribution is -0.115. The summed E-state index contributed by atoms with van der Waals surface area (Å²) in [6.07, 6.45) is -0.00574. The molecule has 0 aliphatic carbocycles. The van der Waals surface area contributed by atoms with Crippen molar-refractivity contribution in [3.8, 4) is 11.5 Å². The number of ether oxygens (including phenoxy) is 2. The molecule has 0 heterocycles. The number of sulfonamides is 1. The number of rotatable bonds is 8. The molecule has 10 heteroatoms. The zero-order valence-electron chi connectivity index (χ0n) is 17.2. The van der Waals surface area contributed by atoms with Gasteiger partial charge in [-0.2, -0.15) is 0 Å². The first-order valence-corrected chi connectivity index (χ1v) is 11.5. The minimum absolute atomic E-state index is 0.00574. The maximum atomic E-state index is 13.0. The Labute approximate surface area is 196 Å². The molecule has 0 spiro atoms. The second-order valence-corrected chi connectivity index (χ2v) is 9.15. The molecule has 3 aromatic rings. The molecule has 0 saturated heterocycles. The highest BCUT2D eigenvalue weighted by atomic mass is 35.5. The summed E-state index contributed by atoms with van der Waals surface area (Å²) in [5, 5.41) is 3.52. The lowest BCUT2D eigenvalue weighted by Crippen LogP contribution is -2.17. The molecule has 168 valence electrons. The molecule has 0 radical (unpaired) electrons. The Morgan fingerprint density at radius 1 is 0.906 bits per heavy atom. The summed E-state index contributed by atoms with van der Waals surface area (Å²) < 4.78 is 38.7. The number of benzene rings is 3. The van der Waals surface area contributed by atoms with E-state index in [0.29, 0.717) is 27.0 Å². The van der Waals surface area contributed by atoms with Crippen molar-refractivity contribution >= 4 is 50.5 Å². The first kappa shape index (κ1) is 23.7. The average molecular weight is 495 g/mol. The molecular formula is C22H20Cl2N2O5S. The minimum atomic E-state index is -4.01. The third kappa shape index (κ3) is 5.85. The predicted molar refractivity (Wildman–Crippen MR) is 126 cm³/mol. The summed E-state index contributed by atoms with van der Waals surface area (Å²) >= 11 is 12.0. The molecule has 0 aliphatic rings. The van der Waals surface area contributed by atoms with Crippen molar-refractivity contribution in [2.45, 2.75) is 11.3 Å². The Hall–Kier alpha value is -2.94. The molecule has 0 fully saturated rings. The molecule has 3 rings (SSSR count). The molecule has 0 unspecified atom stereocenters. The van der Waals surface area contributed by atoms with Gasteiger partial charge in [-0.25, -0.2) is 8.42 Å². The second-order valence-electron chi connectivity index (χ2n) is 6.66. The number of carbonyl (C=O) groups excluding carboxylic acids is 1. The second kappa shape index (κ2) is 10.1. The normalized spacial score (nSPS) is 11.0. The monoisotopic (exact) mass is 494 g/mol. The Morgan fingerprint density at radius 3 is 2.22 bits per heavy atom. The van der Waals surface area contributed by atoms with Crippen LogP contribution in [0, 0.1) is 0 Å². The SMILES string of the molecule is COc1ccc(NS(=O)(=O)c2cc(NC(=O)Cc3ccc(Cl)cc3Cl)ccc2OC)cc1. The van der Waals surface area contributed by atoms with E-state index >= 15 is 0 Å². The average Bonchev–Trinajstić information content (AvgIpc) is 2.76. The topological polar surface area (TPSA) is 93.7 Å². The van der Waals surface area contributed by atoms with Crippen LogP contribution >= 0.6 is 23.2 Å². The van der Waals surface area contributed by atoms with E-state index in [2.05, 4.69) is 10.0 Å². The third-order valence-corrected chi connectivity index (χ3v) is 6.43. The maximum Gasteiger partial charge on any atom is 0.265 e. The van der Waals surface area contributed by atoms with Crippen LogP contribution in [0.1, 0.15) is 5.56 Å². The molecule has 0 bridgehead atoms. The number of amides is 1. The van der Waals surface area contributed by atoms with Crippen molar-refractivity contribution < 1.29 is 22.7 Å². The van der Waals surface area contributed by atoms with Crippen molar-refractivity contribution in [2.75, 3.05) is 24.3 Å². The number of nitrogens with one attached hydrogen (secondary N) is 2. The van der Waals surface area contributed by atoms with E-state index in [9.17, 15) is 13.2 Å². The minimum Gasteiger partial charge on any atom is -0.497 e. The molecule has 7 nitrogen and oxygen atoms in total. The molecule has 32 heavy (non-hydrogen) atoms. The number of hydrogen-bond acceptors (Lipinski definition) is 5. The van der Waals surface area contributed by atoms with Crippen LogP contribution in [0.15, 0.2) is 65.6 Å². The number of anilines is 2. The first-order valence-electron chi connectivity index (χ1n) is 9.30. The van der Waals surface area contributed by atoms with Gasteiger partial charge in [0.15, 0.2) is 0 Å². The van der Waals surface area contributed by atoms with E-state index in [-0.39, 0.29) is 28.7 Å².